The summed E-state index contributed by atoms with van der Waals surface area (Å²) in [5.74, 6) is -4.40. The fourth-order valence-electron chi connectivity index (χ4n) is 11.1. The van der Waals surface area contributed by atoms with Crippen LogP contribution in [0.15, 0.2) is 72.8 Å². The van der Waals surface area contributed by atoms with Crippen molar-refractivity contribution in [2.45, 2.75) is 92.8 Å². The molecule has 4 aliphatic rings. The van der Waals surface area contributed by atoms with Crippen LogP contribution < -0.4 is 10.1 Å². The van der Waals surface area contributed by atoms with Gasteiger partial charge in [-0.2, -0.15) is 0 Å². The maximum absolute atomic E-state index is 14.5. The summed E-state index contributed by atoms with van der Waals surface area (Å²) in [5.41, 5.74) is -0.899. The van der Waals surface area contributed by atoms with E-state index in [4.69, 9.17) is 14.2 Å². The molecular formula is C44H50N2O10. The number of aromatic hydroxyl groups is 1. The van der Waals surface area contributed by atoms with Gasteiger partial charge in [0.1, 0.15) is 18.5 Å². The number of H-pyrrole nitrogens is 1. The van der Waals surface area contributed by atoms with Crippen molar-refractivity contribution in [2.24, 2.45) is 17.8 Å². The third-order valence-corrected chi connectivity index (χ3v) is 13.7. The van der Waals surface area contributed by atoms with Crippen molar-refractivity contribution in [1.82, 2.24) is 10.3 Å². The normalized spacial score (nSPS) is 32.7. The summed E-state index contributed by atoms with van der Waals surface area (Å²) in [6.45, 7) is -0.980. The van der Waals surface area contributed by atoms with E-state index in [1.807, 2.05) is 67.7 Å². The molecule has 2 aliphatic carbocycles. The second kappa shape index (κ2) is 14.1. The van der Waals surface area contributed by atoms with Crippen LogP contribution in [0.25, 0.3) is 32.4 Å². The third kappa shape index (κ3) is 5.68. The van der Waals surface area contributed by atoms with E-state index < -0.39 is 66.3 Å². The quantitative estimate of drug-likeness (QED) is 0.0831. The van der Waals surface area contributed by atoms with Gasteiger partial charge in [-0.3, -0.25) is 0 Å². The number of aliphatic hydroxyl groups is 5. The highest BCUT2D eigenvalue weighted by Gasteiger charge is 2.72. The molecule has 3 heterocycles. The Kier molecular flexibility index (Phi) is 9.41. The molecule has 296 valence electrons. The van der Waals surface area contributed by atoms with Gasteiger partial charge < -0.3 is 55.2 Å². The molecule has 2 saturated carbocycles. The van der Waals surface area contributed by atoms with Crippen LogP contribution in [0.5, 0.6) is 11.5 Å². The topological polar surface area (TPSA) is 194 Å². The van der Waals surface area contributed by atoms with Gasteiger partial charge >= 0.3 is 5.97 Å². The minimum atomic E-state index is -2.57. The fourth-order valence-corrected chi connectivity index (χ4v) is 11.1. The first-order chi connectivity index (χ1) is 27.0. The molecule has 56 heavy (non-hydrogen) atoms. The zero-order valence-corrected chi connectivity index (χ0v) is 31.4. The number of benzene rings is 4. The Bertz CT molecular complexity index is 2270. The molecule has 4 fully saturated rings. The number of aromatic nitrogens is 1. The second-order valence-electron chi connectivity index (χ2n) is 16.6. The molecule has 9 unspecified atom stereocenters. The number of fused-ring (bicyclic) bond motifs is 6. The molecule has 12 heteroatoms. The maximum atomic E-state index is 14.5. The van der Waals surface area contributed by atoms with Gasteiger partial charge in [0.2, 0.25) is 5.79 Å². The Morgan fingerprint density at radius 3 is 2.39 bits per heavy atom. The second-order valence-corrected chi connectivity index (χ2v) is 16.6. The number of phenols is 1. The number of aliphatic hydroxyl groups excluding tert-OH is 3. The predicted molar refractivity (Wildman–Crippen MR) is 208 cm³/mol. The lowest BCUT2D eigenvalue weighted by Gasteiger charge is -2.59. The summed E-state index contributed by atoms with van der Waals surface area (Å²) in [4.78, 5) is 17.7. The number of aromatic amines is 1. The minimum absolute atomic E-state index is 0.0645. The van der Waals surface area contributed by atoms with Crippen molar-refractivity contribution < 1.29 is 49.6 Å². The molecule has 2 saturated heterocycles. The van der Waals surface area contributed by atoms with Crippen LogP contribution in [0.2, 0.25) is 0 Å². The highest BCUT2D eigenvalue weighted by molar-refractivity contribution is 6.14. The monoisotopic (exact) mass is 766 g/mol. The zero-order chi connectivity index (χ0) is 39.0. The van der Waals surface area contributed by atoms with Crippen LogP contribution in [0, 0.1) is 17.8 Å². The molecule has 1 aromatic heterocycles. The van der Waals surface area contributed by atoms with Gasteiger partial charge in [-0.05, 0) is 102 Å². The highest BCUT2D eigenvalue weighted by Crippen LogP contribution is 2.59. The lowest BCUT2D eigenvalue weighted by molar-refractivity contribution is -0.311. The molecule has 4 aromatic carbocycles. The summed E-state index contributed by atoms with van der Waals surface area (Å²) in [5, 5.41) is 75.5. The van der Waals surface area contributed by atoms with Gasteiger partial charge in [-0.25, -0.2) is 4.79 Å². The van der Waals surface area contributed by atoms with Crippen LogP contribution in [0.3, 0.4) is 0 Å². The smallest absolute Gasteiger partial charge is 0.343 e. The molecule has 5 aromatic rings. The summed E-state index contributed by atoms with van der Waals surface area (Å²) in [7, 11) is 1.83. The van der Waals surface area contributed by atoms with Crippen molar-refractivity contribution in [3.63, 3.8) is 0 Å². The third-order valence-electron chi connectivity index (χ3n) is 13.7. The molecule has 12 nitrogen and oxygen atoms in total. The van der Waals surface area contributed by atoms with Gasteiger partial charge in [0.05, 0.1) is 35.4 Å². The predicted octanol–water partition coefficient (Wildman–Crippen LogP) is 4.28. The number of esters is 1. The standard InChI is InChI=1S/C44H50N2O10/c1-45-21-28-18-27-20-43(52)40(54-37(27)35(36(28)50)42(15-5-2-6-16-42)29-10-12-30(49)13-11-29)39(56-44(43,53)23-48)41(51)55-38-33(22-47)46-32-14-9-26-17-24-7-3-4-8-25(24)19-31(26)34(32)38/h3-4,7-14,17,19,27-28,35-37,39-40,45-50,52-53H,2,5-6,15-16,18,20-23H2,1H3. The van der Waals surface area contributed by atoms with Gasteiger partial charge in [-0.1, -0.05) is 61.7 Å². The van der Waals surface area contributed by atoms with E-state index in [2.05, 4.69) is 10.3 Å². The Morgan fingerprint density at radius 1 is 0.964 bits per heavy atom. The number of nitrogens with one attached hydrogen (secondary N) is 2. The average molecular weight is 767 g/mol. The molecule has 0 bridgehead atoms. The largest absolute Gasteiger partial charge is 0.508 e. The number of carbonyl (C=O) groups excluding carboxylic acids is 1. The van der Waals surface area contributed by atoms with E-state index in [9.17, 15) is 35.4 Å². The number of hydrogen-bond acceptors (Lipinski definition) is 11. The van der Waals surface area contributed by atoms with Crippen molar-refractivity contribution in [3.8, 4) is 11.5 Å². The molecule has 9 atom stereocenters. The van der Waals surface area contributed by atoms with E-state index in [0.29, 0.717) is 23.9 Å². The lowest BCUT2D eigenvalue weighted by Crippen LogP contribution is -2.69. The van der Waals surface area contributed by atoms with Gasteiger partial charge in [0.25, 0.3) is 0 Å². The number of phenolic OH excluding ortho intramolecular Hbond substituents is 1. The zero-order valence-electron chi connectivity index (χ0n) is 31.4. The lowest BCUT2D eigenvalue weighted by atomic mass is 9.52. The van der Waals surface area contributed by atoms with Crippen molar-refractivity contribution in [1.29, 1.82) is 0 Å². The maximum Gasteiger partial charge on any atom is 0.343 e. The SMILES string of the molecule is CNCC1CC2CC3(O)C(OC2C(C2(c4ccc(O)cc4)CCCCC2)C1O)C(C(=O)Oc1c(CO)[nH]c2ccc4cc5ccccc5cc4c12)OC3(O)CO. The van der Waals surface area contributed by atoms with Gasteiger partial charge in [0.15, 0.2) is 17.5 Å². The molecular weight excluding hydrogens is 716 g/mol. The molecule has 0 spiro atoms. The summed E-state index contributed by atoms with van der Waals surface area (Å²) < 4.78 is 19.1. The van der Waals surface area contributed by atoms with Crippen molar-refractivity contribution >= 4 is 38.4 Å². The summed E-state index contributed by atoms with van der Waals surface area (Å²) >= 11 is 0. The van der Waals surface area contributed by atoms with Crippen LogP contribution in [-0.4, -0.2) is 97.6 Å². The van der Waals surface area contributed by atoms with Crippen LogP contribution >= 0.6 is 0 Å². The summed E-state index contributed by atoms with van der Waals surface area (Å²) in [6, 6.07) is 22.9. The molecule has 0 radical (unpaired) electrons. The first-order valence-electron chi connectivity index (χ1n) is 19.8. The molecule has 0 amide bonds. The van der Waals surface area contributed by atoms with Gasteiger partial charge in [-0.15, -0.1) is 0 Å². The van der Waals surface area contributed by atoms with E-state index in [1.54, 1.807) is 12.1 Å². The Labute approximate surface area is 324 Å². The Morgan fingerprint density at radius 2 is 1.70 bits per heavy atom. The number of carbonyl (C=O) groups is 1. The number of hydrogen-bond donors (Lipinski definition) is 8. The van der Waals surface area contributed by atoms with E-state index in [-0.39, 0.29) is 35.4 Å². The van der Waals surface area contributed by atoms with Crippen molar-refractivity contribution in [3.05, 3.63) is 84.1 Å². The van der Waals surface area contributed by atoms with E-state index >= 15 is 0 Å². The average Bonchev–Trinajstić information content (AvgIpc) is 3.68. The Hall–Kier alpha value is -4.11. The number of ether oxygens (including phenoxy) is 3. The molecule has 8 N–H and O–H groups in total. The van der Waals surface area contributed by atoms with Crippen molar-refractivity contribution in [2.75, 3.05) is 20.2 Å². The van der Waals surface area contributed by atoms with E-state index in [1.165, 1.54) is 0 Å². The molecule has 9 rings (SSSR count). The van der Waals surface area contributed by atoms with Crippen LogP contribution in [0.4, 0.5) is 0 Å². The van der Waals surface area contributed by atoms with E-state index in [0.717, 1.165) is 59.2 Å². The first kappa shape index (κ1) is 37.5. The highest BCUT2D eigenvalue weighted by atomic mass is 16.7. The molecule has 2 aliphatic heterocycles. The first-order valence-corrected chi connectivity index (χ1v) is 19.8. The van der Waals surface area contributed by atoms with Crippen LogP contribution in [-0.2, 0) is 26.3 Å². The minimum Gasteiger partial charge on any atom is -0.508 e. The number of rotatable bonds is 8. The fraction of sp³-hybridized carbons (Fsp3) is 0.477. The van der Waals surface area contributed by atoms with Gasteiger partial charge in [0, 0.05) is 17.9 Å². The van der Waals surface area contributed by atoms with Crippen LogP contribution in [0.1, 0.15) is 56.2 Å². The summed E-state index contributed by atoms with van der Waals surface area (Å²) in [6.07, 6.45) is 0.159. The Balaban J connectivity index is 1.12.